The number of hydrogen-bond donors (Lipinski definition) is 1. The van der Waals surface area contributed by atoms with Gasteiger partial charge in [0.1, 0.15) is 16.2 Å². The summed E-state index contributed by atoms with van der Waals surface area (Å²) < 4.78 is 35.6. The fourth-order valence-corrected chi connectivity index (χ4v) is 4.35. The van der Waals surface area contributed by atoms with Crippen molar-refractivity contribution in [2.24, 2.45) is 0 Å². The molecule has 166 valence electrons. The molecule has 7 nitrogen and oxygen atoms in total. The molecular formula is C22H23ClO7S. The molecule has 0 atom stereocenters. The SMILES string of the molecule is CCCCCCCCOc1cc(S(=O)(=O)Cl)c2oc3ccc(C(=O)O)cc3c(=O)c2c1. The van der Waals surface area contributed by atoms with E-state index in [1.807, 2.05) is 0 Å². The second-order valence-corrected chi connectivity index (χ2v) is 9.83. The minimum atomic E-state index is -4.24. The Kier molecular flexibility index (Phi) is 7.23. The molecule has 1 N–H and O–H groups in total. The van der Waals surface area contributed by atoms with Crippen molar-refractivity contribution >= 4 is 47.6 Å². The lowest BCUT2D eigenvalue weighted by atomic mass is 10.1. The maximum absolute atomic E-state index is 13.0. The van der Waals surface area contributed by atoms with Gasteiger partial charge in [0.05, 0.1) is 22.9 Å². The summed E-state index contributed by atoms with van der Waals surface area (Å²) in [5, 5.41) is 9.16. The van der Waals surface area contributed by atoms with Crippen molar-refractivity contribution in [1.29, 1.82) is 0 Å². The molecule has 1 heterocycles. The van der Waals surface area contributed by atoms with Crippen LogP contribution in [0, 0.1) is 0 Å². The van der Waals surface area contributed by atoms with Crippen LogP contribution in [0.25, 0.3) is 21.9 Å². The van der Waals surface area contributed by atoms with Gasteiger partial charge in [0.15, 0.2) is 5.58 Å². The van der Waals surface area contributed by atoms with Crippen molar-refractivity contribution in [2.75, 3.05) is 6.61 Å². The summed E-state index contributed by atoms with van der Waals surface area (Å²) in [5.74, 6) is -1.01. The Hall–Kier alpha value is -2.58. The van der Waals surface area contributed by atoms with Crippen molar-refractivity contribution in [1.82, 2.24) is 0 Å². The normalized spacial score (nSPS) is 11.8. The maximum atomic E-state index is 13.0. The zero-order valence-electron chi connectivity index (χ0n) is 17.0. The highest BCUT2D eigenvalue weighted by Gasteiger charge is 2.22. The fraction of sp³-hybridized carbons (Fsp3) is 0.364. The summed E-state index contributed by atoms with van der Waals surface area (Å²) in [6.45, 7) is 2.51. The van der Waals surface area contributed by atoms with Crippen molar-refractivity contribution in [2.45, 2.75) is 50.3 Å². The number of carboxylic acid groups (broad SMARTS) is 1. The monoisotopic (exact) mass is 466 g/mol. The van der Waals surface area contributed by atoms with Crippen LogP contribution in [0.5, 0.6) is 5.75 Å². The van der Waals surface area contributed by atoms with Crippen LogP contribution in [0.4, 0.5) is 0 Å². The Morgan fingerprint density at radius 1 is 1.06 bits per heavy atom. The van der Waals surface area contributed by atoms with E-state index in [1.165, 1.54) is 36.8 Å². The number of halogens is 1. The van der Waals surface area contributed by atoms with Crippen molar-refractivity contribution in [3.05, 3.63) is 46.1 Å². The van der Waals surface area contributed by atoms with Gasteiger partial charge in [0.2, 0.25) is 5.43 Å². The Morgan fingerprint density at radius 3 is 2.45 bits per heavy atom. The molecule has 1 aromatic heterocycles. The Bertz CT molecular complexity index is 1280. The average molecular weight is 467 g/mol. The summed E-state index contributed by atoms with van der Waals surface area (Å²) in [5.41, 5.74) is -0.780. The molecule has 2 aromatic carbocycles. The summed E-state index contributed by atoms with van der Waals surface area (Å²) >= 11 is 0. The lowest BCUT2D eigenvalue weighted by molar-refractivity contribution is 0.0697. The Labute approximate surface area is 184 Å². The number of aromatic carboxylic acids is 1. The third-order valence-corrected chi connectivity index (χ3v) is 6.31. The van der Waals surface area contributed by atoms with Gasteiger partial charge in [-0.25, -0.2) is 13.2 Å². The lowest BCUT2D eigenvalue weighted by Gasteiger charge is -2.10. The average Bonchev–Trinajstić information content (AvgIpc) is 2.72. The first-order chi connectivity index (χ1) is 14.7. The lowest BCUT2D eigenvalue weighted by Crippen LogP contribution is -2.07. The van der Waals surface area contributed by atoms with Crippen LogP contribution in [-0.4, -0.2) is 26.1 Å². The first-order valence-corrected chi connectivity index (χ1v) is 12.4. The summed E-state index contributed by atoms with van der Waals surface area (Å²) in [6.07, 6.45) is 6.38. The molecule has 3 aromatic rings. The molecule has 0 radical (unpaired) electrons. The van der Waals surface area contributed by atoms with Crippen LogP contribution >= 0.6 is 10.7 Å². The molecule has 31 heavy (non-hydrogen) atoms. The molecule has 0 fully saturated rings. The molecule has 0 saturated carbocycles. The van der Waals surface area contributed by atoms with Gasteiger partial charge in [-0.3, -0.25) is 4.79 Å². The third kappa shape index (κ3) is 5.37. The van der Waals surface area contributed by atoms with E-state index in [2.05, 4.69) is 6.92 Å². The van der Waals surface area contributed by atoms with E-state index in [9.17, 15) is 23.1 Å². The van der Waals surface area contributed by atoms with Crippen LogP contribution in [-0.2, 0) is 9.05 Å². The van der Waals surface area contributed by atoms with Gasteiger partial charge < -0.3 is 14.3 Å². The number of fused-ring (bicyclic) bond motifs is 2. The van der Waals surface area contributed by atoms with E-state index >= 15 is 0 Å². The molecule has 0 aliphatic heterocycles. The van der Waals surface area contributed by atoms with Crippen molar-refractivity contribution in [3.63, 3.8) is 0 Å². The molecule has 0 amide bonds. The van der Waals surface area contributed by atoms with Crippen molar-refractivity contribution in [3.8, 4) is 5.75 Å². The largest absolute Gasteiger partial charge is 0.494 e. The minimum Gasteiger partial charge on any atom is -0.494 e. The molecule has 9 heteroatoms. The second kappa shape index (κ2) is 9.70. The van der Waals surface area contributed by atoms with Crippen LogP contribution in [0.1, 0.15) is 55.8 Å². The minimum absolute atomic E-state index is 0.0263. The quantitative estimate of drug-likeness (QED) is 0.245. The maximum Gasteiger partial charge on any atom is 0.335 e. The number of unbranched alkanes of at least 4 members (excludes halogenated alkanes) is 5. The standard InChI is InChI=1S/C22H23ClO7S/c1-2-3-4-5-6-7-10-29-15-12-17-20(24)16-11-14(22(25)26)8-9-18(16)30-21(17)19(13-15)31(23,27)28/h8-9,11-13H,2-7,10H2,1H3,(H,25,26). The van der Waals surface area contributed by atoms with Gasteiger partial charge >= 0.3 is 5.97 Å². The van der Waals surface area contributed by atoms with Gasteiger partial charge in [-0.1, -0.05) is 39.0 Å². The second-order valence-electron chi connectivity index (χ2n) is 7.30. The predicted molar refractivity (Wildman–Crippen MR) is 119 cm³/mol. The number of carboxylic acids is 1. The molecule has 0 unspecified atom stereocenters. The molecular weight excluding hydrogens is 444 g/mol. The predicted octanol–water partition coefficient (Wildman–Crippen LogP) is 5.31. The molecule has 0 aliphatic carbocycles. The van der Waals surface area contributed by atoms with Gasteiger partial charge in [-0.2, -0.15) is 0 Å². The first-order valence-electron chi connectivity index (χ1n) is 10.1. The van der Waals surface area contributed by atoms with Crippen LogP contribution in [0.2, 0.25) is 0 Å². The van der Waals surface area contributed by atoms with Crippen molar-refractivity contribution < 1.29 is 27.5 Å². The zero-order chi connectivity index (χ0) is 22.6. The van der Waals surface area contributed by atoms with E-state index < -0.39 is 20.4 Å². The highest BCUT2D eigenvalue weighted by Crippen LogP contribution is 2.32. The van der Waals surface area contributed by atoms with Crippen LogP contribution in [0.3, 0.4) is 0 Å². The number of hydrogen-bond acceptors (Lipinski definition) is 6. The highest BCUT2D eigenvalue weighted by molar-refractivity contribution is 8.14. The van der Waals surface area contributed by atoms with Gasteiger partial charge in [-0.15, -0.1) is 0 Å². The molecule has 3 rings (SSSR count). The van der Waals surface area contributed by atoms with Crippen LogP contribution < -0.4 is 10.2 Å². The topological polar surface area (TPSA) is 111 Å². The van der Waals surface area contributed by atoms with E-state index in [-0.39, 0.29) is 38.1 Å². The van der Waals surface area contributed by atoms with E-state index in [0.29, 0.717) is 6.61 Å². The summed E-state index contributed by atoms with van der Waals surface area (Å²) in [4.78, 5) is 23.9. The van der Waals surface area contributed by atoms with Gasteiger partial charge in [0.25, 0.3) is 9.05 Å². The van der Waals surface area contributed by atoms with Gasteiger partial charge in [-0.05, 0) is 30.7 Å². The Morgan fingerprint density at radius 2 is 1.77 bits per heavy atom. The Balaban J connectivity index is 2.01. The zero-order valence-corrected chi connectivity index (χ0v) is 18.6. The van der Waals surface area contributed by atoms with E-state index in [0.717, 1.165) is 32.1 Å². The van der Waals surface area contributed by atoms with Gasteiger partial charge in [0, 0.05) is 16.7 Å². The molecule has 0 aliphatic rings. The first kappa shape index (κ1) is 23.1. The number of rotatable bonds is 10. The number of benzene rings is 2. The summed E-state index contributed by atoms with van der Waals surface area (Å²) in [6, 6.07) is 6.42. The van der Waals surface area contributed by atoms with E-state index in [4.69, 9.17) is 19.8 Å². The fourth-order valence-electron chi connectivity index (χ4n) is 3.37. The molecule has 0 saturated heterocycles. The highest BCUT2D eigenvalue weighted by atomic mass is 35.7. The molecule has 0 spiro atoms. The smallest absolute Gasteiger partial charge is 0.335 e. The van der Waals surface area contributed by atoms with Crippen LogP contribution in [0.15, 0.2) is 44.4 Å². The molecule has 0 bridgehead atoms. The number of ether oxygens (including phenoxy) is 1. The van der Waals surface area contributed by atoms with E-state index in [1.54, 1.807) is 0 Å². The summed E-state index contributed by atoms with van der Waals surface area (Å²) in [7, 11) is 1.35. The number of carbonyl (C=O) groups is 1. The third-order valence-electron chi connectivity index (χ3n) is 4.99.